The van der Waals surface area contributed by atoms with E-state index < -0.39 is 0 Å². The highest BCUT2D eigenvalue weighted by molar-refractivity contribution is 7.97. The van der Waals surface area contributed by atoms with E-state index >= 15 is 0 Å². The van der Waals surface area contributed by atoms with Gasteiger partial charge in [-0.15, -0.1) is 0 Å². The zero-order valence-corrected chi connectivity index (χ0v) is 20.4. The molecule has 1 N–H and O–H groups in total. The second-order valence-corrected chi connectivity index (χ2v) is 10.3. The lowest BCUT2D eigenvalue weighted by Crippen LogP contribution is -2.40. The van der Waals surface area contributed by atoms with Crippen molar-refractivity contribution in [1.29, 1.82) is 0 Å². The number of rotatable bonds is 9. The molecule has 2 aliphatic rings. The Morgan fingerprint density at radius 3 is 2.62 bits per heavy atom. The molecule has 0 radical (unpaired) electrons. The number of aryl methyl sites for hydroxylation is 1. The molecule has 0 atom stereocenters. The van der Waals surface area contributed by atoms with Crippen LogP contribution in [0.3, 0.4) is 0 Å². The lowest BCUT2D eigenvalue weighted by atomic mass is 9.95. The molecule has 6 nitrogen and oxygen atoms in total. The smallest absolute Gasteiger partial charge is 0.226 e. The summed E-state index contributed by atoms with van der Waals surface area (Å²) in [5.41, 5.74) is 1.89. The maximum absolute atomic E-state index is 12.5. The zero-order valence-electron chi connectivity index (χ0n) is 18.8. The molecule has 8 heteroatoms. The monoisotopic (exact) mass is 476 g/mol. The predicted molar refractivity (Wildman–Crippen MR) is 131 cm³/mol. The van der Waals surface area contributed by atoms with Gasteiger partial charge in [0, 0.05) is 48.4 Å². The van der Waals surface area contributed by atoms with Crippen molar-refractivity contribution in [2.24, 2.45) is 5.92 Å². The van der Waals surface area contributed by atoms with Crippen LogP contribution in [0, 0.1) is 12.8 Å². The number of halogens is 1. The molecule has 0 unspecified atom stereocenters. The number of likely N-dealkylation sites (tertiary alicyclic amines) is 1. The summed E-state index contributed by atoms with van der Waals surface area (Å²) in [5.74, 6) is 2.92. The molecule has 2 fully saturated rings. The normalized spacial score (nSPS) is 18.3. The van der Waals surface area contributed by atoms with Gasteiger partial charge in [-0.25, -0.2) is 4.98 Å². The van der Waals surface area contributed by atoms with E-state index in [1.165, 1.54) is 25.9 Å². The van der Waals surface area contributed by atoms with E-state index in [1.807, 2.05) is 43.1 Å². The highest BCUT2D eigenvalue weighted by Gasteiger charge is 2.26. The van der Waals surface area contributed by atoms with Crippen molar-refractivity contribution in [3.8, 4) is 11.5 Å². The Balaban J connectivity index is 1.17. The second-order valence-electron chi connectivity index (χ2n) is 8.69. The fraction of sp³-hybridized carbons (Fsp3) is 0.583. The summed E-state index contributed by atoms with van der Waals surface area (Å²) < 4.78 is 8.34. The third kappa shape index (κ3) is 6.50. The summed E-state index contributed by atoms with van der Waals surface area (Å²) >= 11 is 7.91. The van der Waals surface area contributed by atoms with E-state index in [1.54, 1.807) is 0 Å². The standard InChI is InChI=1S/C24H33ClN4O2S/c1-18-22(27-24(31-18)20-5-7-21(25)8-6-20)17-28-14-9-19(10-15-28)23(30)26-11-4-16-32-29-12-2-3-13-29/h5-8,19H,2-4,9-17H2,1H3,(H,26,30). The van der Waals surface area contributed by atoms with Crippen LogP contribution in [0.4, 0.5) is 0 Å². The molecule has 1 amide bonds. The molecule has 4 rings (SSSR count). The van der Waals surface area contributed by atoms with Crippen molar-refractivity contribution in [3.05, 3.63) is 40.7 Å². The first-order valence-electron chi connectivity index (χ1n) is 11.7. The van der Waals surface area contributed by atoms with Gasteiger partial charge < -0.3 is 9.73 Å². The van der Waals surface area contributed by atoms with Crippen molar-refractivity contribution in [1.82, 2.24) is 19.5 Å². The number of oxazole rings is 1. The van der Waals surface area contributed by atoms with Crippen LogP contribution in [0.25, 0.3) is 11.5 Å². The molecule has 0 aliphatic carbocycles. The van der Waals surface area contributed by atoms with Crippen LogP contribution in [0.1, 0.15) is 43.6 Å². The van der Waals surface area contributed by atoms with Gasteiger partial charge >= 0.3 is 0 Å². The molecule has 2 aromatic rings. The minimum atomic E-state index is 0.125. The van der Waals surface area contributed by atoms with Crippen LogP contribution in [0.15, 0.2) is 28.7 Å². The van der Waals surface area contributed by atoms with Gasteiger partial charge in [0.2, 0.25) is 11.8 Å². The number of hydrogen-bond donors (Lipinski definition) is 1. The predicted octanol–water partition coefficient (Wildman–Crippen LogP) is 4.77. The second kappa shape index (κ2) is 11.5. The lowest BCUT2D eigenvalue weighted by molar-refractivity contribution is -0.126. The minimum Gasteiger partial charge on any atom is -0.441 e. The number of carbonyl (C=O) groups excluding carboxylic acids is 1. The lowest BCUT2D eigenvalue weighted by Gasteiger charge is -2.30. The van der Waals surface area contributed by atoms with Gasteiger partial charge in [0.25, 0.3) is 0 Å². The van der Waals surface area contributed by atoms with E-state index in [0.29, 0.717) is 10.9 Å². The number of hydrogen-bond acceptors (Lipinski definition) is 6. The highest BCUT2D eigenvalue weighted by atomic mass is 35.5. The Morgan fingerprint density at radius 2 is 1.91 bits per heavy atom. The van der Waals surface area contributed by atoms with Crippen LogP contribution in [0.5, 0.6) is 0 Å². The van der Waals surface area contributed by atoms with Crippen LogP contribution < -0.4 is 5.32 Å². The highest BCUT2D eigenvalue weighted by Crippen LogP contribution is 2.26. The Morgan fingerprint density at radius 1 is 1.19 bits per heavy atom. The molecule has 1 aromatic carbocycles. The fourth-order valence-electron chi connectivity index (χ4n) is 4.29. The van der Waals surface area contributed by atoms with Gasteiger partial charge in [-0.05, 0) is 76.4 Å². The Labute approximate surface area is 200 Å². The van der Waals surface area contributed by atoms with E-state index in [0.717, 1.165) is 68.2 Å². The van der Waals surface area contributed by atoms with E-state index in [9.17, 15) is 4.79 Å². The molecular weight excluding hydrogens is 444 g/mol. The first-order valence-corrected chi connectivity index (χ1v) is 13.0. The molecule has 32 heavy (non-hydrogen) atoms. The van der Waals surface area contributed by atoms with Gasteiger partial charge in [-0.3, -0.25) is 14.0 Å². The van der Waals surface area contributed by atoms with E-state index in [2.05, 4.69) is 14.5 Å². The molecule has 0 saturated carbocycles. The molecule has 2 saturated heterocycles. The summed E-state index contributed by atoms with van der Waals surface area (Å²) in [6.45, 7) is 7.75. The van der Waals surface area contributed by atoms with Gasteiger partial charge in [-0.2, -0.15) is 0 Å². The van der Waals surface area contributed by atoms with Gasteiger partial charge in [0.1, 0.15) is 5.76 Å². The largest absolute Gasteiger partial charge is 0.441 e. The number of nitrogens with zero attached hydrogens (tertiary/aromatic N) is 3. The number of carbonyl (C=O) groups is 1. The number of aromatic nitrogens is 1. The summed E-state index contributed by atoms with van der Waals surface area (Å²) in [6.07, 6.45) is 5.47. The number of nitrogens with one attached hydrogen (secondary N) is 1. The Bertz CT molecular complexity index is 875. The topological polar surface area (TPSA) is 61.6 Å². The first kappa shape index (κ1) is 23.6. The van der Waals surface area contributed by atoms with Crippen LogP contribution in [-0.2, 0) is 11.3 Å². The van der Waals surface area contributed by atoms with Crippen molar-refractivity contribution in [2.45, 2.75) is 45.6 Å². The van der Waals surface area contributed by atoms with Crippen molar-refractivity contribution >= 4 is 29.5 Å². The van der Waals surface area contributed by atoms with Crippen molar-refractivity contribution < 1.29 is 9.21 Å². The van der Waals surface area contributed by atoms with Gasteiger partial charge in [0.05, 0.1) is 5.69 Å². The summed E-state index contributed by atoms with van der Waals surface area (Å²) in [6, 6.07) is 7.54. The Kier molecular flexibility index (Phi) is 8.52. The zero-order chi connectivity index (χ0) is 22.3. The molecule has 0 spiro atoms. The van der Waals surface area contributed by atoms with E-state index in [-0.39, 0.29) is 11.8 Å². The molecule has 174 valence electrons. The average molecular weight is 477 g/mol. The van der Waals surface area contributed by atoms with Gasteiger partial charge in [-0.1, -0.05) is 23.5 Å². The maximum Gasteiger partial charge on any atom is 0.226 e. The van der Waals surface area contributed by atoms with Crippen LogP contribution in [-0.4, -0.2) is 58.6 Å². The summed E-state index contributed by atoms with van der Waals surface area (Å²) in [7, 11) is 0. The molecule has 2 aliphatic heterocycles. The molecular formula is C24H33ClN4O2S. The SMILES string of the molecule is Cc1oc(-c2ccc(Cl)cc2)nc1CN1CCC(C(=O)NCCCSN2CCCC2)CC1. The van der Waals surface area contributed by atoms with Crippen LogP contribution in [0.2, 0.25) is 5.02 Å². The van der Waals surface area contributed by atoms with Gasteiger partial charge in [0.15, 0.2) is 0 Å². The summed E-state index contributed by atoms with van der Waals surface area (Å²) in [4.78, 5) is 19.6. The quantitative estimate of drug-likeness (QED) is 0.415. The minimum absolute atomic E-state index is 0.125. The fourth-order valence-corrected chi connectivity index (χ4v) is 5.47. The van der Waals surface area contributed by atoms with Crippen molar-refractivity contribution in [2.75, 3.05) is 38.5 Å². The van der Waals surface area contributed by atoms with E-state index in [4.69, 9.17) is 21.0 Å². The molecule has 0 bridgehead atoms. The van der Waals surface area contributed by atoms with Crippen LogP contribution >= 0.6 is 23.5 Å². The number of benzene rings is 1. The molecule has 1 aromatic heterocycles. The third-order valence-corrected chi connectivity index (χ3v) is 7.73. The average Bonchev–Trinajstić information content (AvgIpc) is 3.44. The first-order chi connectivity index (χ1) is 15.6. The number of amides is 1. The molecule has 3 heterocycles. The summed E-state index contributed by atoms with van der Waals surface area (Å²) in [5, 5.41) is 3.85. The third-order valence-electron chi connectivity index (χ3n) is 6.27. The maximum atomic E-state index is 12.5. The Hall–Kier alpha value is -1.54. The van der Waals surface area contributed by atoms with Crippen molar-refractivity contribution in [3.63, 3.8) is 0 Å². The number of piperidine rings is 1.